The fraction of sp³-hybridized carbons (Fsp3) is 0.556. The molecule has 0 spiro atoms. The second-order valence-corrected chi connectivity index (χ2v) is 7.46. The number of hydrogen-bond acceptors (Lipinski definition) is 9. The van der Waals surface area contributed by atoms with Crippen molar-refractivity contribution in [2.24, 2.45) is 0 Å². The van der Waals surface area contributed by atoms with Crippen LogP contribution in [-0.2, 0) is 12.8 Å². The SMILES string of the molecule is Nc1nc(B(O)O)c(CCCCCC2CCNc3nc(=O)[nH]c(CCO)c32)c(=O)[nH]1. The van der Waals surface area contributed by atoms with Crippen molar-refractivity contribution >= 4 is 24.5 Å². The standard InChI is InChI=1S/C18H27BN6O5/c20-17-23-14(19(29)30)11(16(27)25-17)5-3-1-2-4-10-6-8-21-15-13(10)12(7-9-26)22-18(28)24-15/h10,26,29-30H,1-9H2,(H3,20,23,25,27)(H2,21,22,24,28). The quantitative estimate of drug-likeness (QED) is 0.185. The van der Waals surface area contributed by atoms with E-state index >= 15 is 0 Å². The highest BCUT2D eigenvalue weighted by Crippen LogP contribution is 2.35. The molecular weight excluding hydrogens is 391 g/mol. The maximum atomic E-state index is 12.1. The van der Waals surface area contributed by atoms with Gasteiger partial charge in [-0.2, -0.15) is 4.98 Å². The zero-order chi connectivity index (χ0) is 21.7. The summed E-state index contributed by atoms with van der Waals surface area (Å²) in [5.74, 6) is 0.671. The average Bonchev–Trinajstić information content (AvgIpc) is 2.68. The van der Waals surface area contributed by atoms with Crippen LogP contribution < -0.4 is 27.9 Å². The predicted molar refractivity (Wildman–Crippen MR) is 113 cm³/mol. The molecular formula is C18H27BN6O5. The first-order valence-corrected chi connectivity index (χ1v) is 10.1. The molecule has 0 aliphatic carbocycles. The number of nitrogens with one attached hydrogen (secondary N) is 3. The lowest BCUT2D eigenvalue weighted by molar-refractivity contribution is 0.297. The molecule has 0 aromatic carbocycles. The first-order chi connectivity index (χ1) is 14.4. The van der Waals surface area contributed by atoms with Crippen LogP contribution in [0.2, 0.25) is 0 Å². The van der Waals surface area contributed by atoms with E-state index in [-0.39, 0.29) is 29.6 Å². The van der Waals surface area contributed by atoms with Crippen LogP contribution in [0.5, 0.6) is 0 Å². The van der Waals surface area contributed by atoms with Gasteiger partial charge in [-0.1, -0.05) is 12.8 Å². The van der Waals surface area contributed by atoms with Crippen molar-refractivity contribution in [1.82, 2.24) is 19.9 Å². The molecule has 12 heteroatoms. The minimum atomic E-state index is -1.85. The van der Waals surface area contributed by atoms with Crippen molar-refractivity contribution in [3.05, 3.63) is 37.7 Å². The number of hydrogen-bond donors (Lipinski definition) is 7. The Morgan fingerprint density at radius 1 is 1.10 bits per heavy atom. The molecule has 2 aromatic rings. The van der Waals surface area contributed by atoms with E-state index in [2.05, 4.69) is 25.3 Å². The summed E-state index contributed by atoms with van der Waals surface area (Å²) in [5, 5.41) is 31.4. The third kappa shape index (κ3) is 5.07. The van der Waals surface area contributed by atoms with E-state index < -0.39 is 18.4 Å². The van der Waals surface area contributed by atoms with Crippen LogP contribution in [0.4, 0.5) is 11.8 Å². The van der Waals surface area contributed by atoms with Gasteiger partial charge < -0.3 is 31.2 Å². The van der Waals surface area contributed by atoms with Crippen LogP contribution in [0.15, 0.2) is 9.59 Å². The van der Waals surface area contributed by atoms with Crippen molar-refractivity contribution in [2.75, 3.05) is 24.2 Å². The fourth-order valence-electron chi connectivity index (χ4n) is 4.07. The number of H-pyrrole nitrogens is 2. The lowest BCUT2D eigenvalue weighted by Crippen LogP contribution is -2.41. The Bertz CT molecular complexity index is 992. The highest BCUT2D eigenvalue weighted by atomic mass is 16.4. The van der Waals surface area contributed by atoms with Crippen LogP contribution >= 0.6 is 0 Å². The third-order valence-electron chi connectivity index (χ3n) is 5.40. The smallest absolute Gasteiger partial charge is 0.422 e. The minimum absolute atomic E-state index is 0.0532. The number of aromatic amines is 2. The zero-order valence-corrected chi connectivity index (χ0v) is 16.6. The Hall–Kier alpha value is -2.70. The van der Waals surface area contributed by atoms with Gasteiger partial charge in [0.1, 0.15) is 5.82 Å². The largest absolute Gasteiger partial charge is 0.508 e. The molecule has 2 aromatic heterocycles. The number of fused-ring (bicyclic) bond motifs is 1. The van der Waals surface area contributed by atoms with Crippen LogP contribution in [0.25, 0.3) is 0 Å². The zero-order valence-electron chi connectivity index (χ0n) is 16.6. The highest BCUT2D eigenvalue weighted by molar-refractivity contribution is 6.58. The number of rotatable bonds is 9. The number of unbranched alkanes of at least 4 members (excludes halogenated alkanes) is 2. The molecule has 30 heavy (non-hydrogen) atoms. The van der Waals surface area contributed by atoms with Crippen LogP contribution in [-0.4, -0.2) is 55.4 Å². The summed E-state index contributed by atoms with van der Waals surface area (Å²) >= 11 is 0. The summed E-state index contributed by atoms with van der Waals surface area (Å²) in [6.07, 6.45) is 4.92. The van der Waals surface area contributed by atoms with Gasteiger partial charge in [0.15, 0.2) is 5.95 Å². The number of aliphatic hydroxyl groups is 1. The molecule has 1 unspecified atom stereocenters. The van der Waals surface area contributed by atoms with Gasteiger partial charge in [0, 0.05) is 36.4 Å². The summed E-state index contributed by atoms with van der Waals surface area (Å²) in [7, 11) is -1.85. The molecule has 0 bridgehead atoms. The average molecular weight is 418 g/mol. The van der Waals surface area contributed by atoms with Gasteiger partial charge in [0.05, 0.1) is 5.59 Å². The summed E-state index contributed by atoms with van der Waals surface area (Å²) in [5.41, 5.74) is 6.42. The van der Waals surface area contributed by atoms with E-state index in [1.807, 2.05) is 0 Å². The van der Waals surface area contributed by atoms with E-state index in [1.165, 1.54) is 0 Å². The molecule has 0 saturated heterocycles. The molecule has 1 atom stereocenters. The lowest BCUT2D eigenvalue weighted by Gasteiger charge is -2.27. The Balaban J connectivity index is 1.61. The molecule has 3 heterocycles. The van der Waals surface area contributed by atoms with Gasteiger partial charge in [-0.05, 0) is 31.6 Å². The molecule has 0 saturated carbocycles. The van der Waals surface area contributed by atoms with E-state index in [0.717, 1.165) is 43.5 Å². The maximum Gasteiger partial charge on any atom is 0.508 e. The van der Waals surface area contributed by atoms with Crippen molar-refractivity contribution in [3.63, 3.8) is 0 Å². The first kappa shape index (κ1) is 22.0. The molecule has 0 fully saturated rings. The highest BCUT2D eigenvalue weighted by Gasteiger charge is 2.25. The predicted octanol–water partition coefficient (Wildman–Crippen LogP) is -1.65. The number of nitrogens with zero attached hydrogens (tertiary/aromatic N) is 2. The van der Waals surface area contributed by atoms with E-state index in [0.29, 0.717) is 25.1 Å². The molecule has 0 amide bonds. The second kappa shape index (κ2) is 9.87. The maximum absolute atomic E-state index is 12.1. The Morgan fingerprint density at radius 2 is 1.90 bits per heavy atom. The van der Waals surface area contributed by atoms with E-state index in [4.69, 9.17) is 5.73 Å². The van der Waals surface area contributed by atoms with Crippen molar-refractivity contribution < 1.29 is 15.2 Å². The Kier molecular flexibility index (Phi) is 7.24. The molecule has 3 rings (SSSR count). The number of aliphatic hydroxyl groups excluding tert-OH is 1. The normalized spacial score (nSPS) is 15.5. The van der Waals surface area contributed by atoms with Crippen molar-refractivity contribution in [1.29, 1.82) is 0 Å². The molecule has 1 aliphatic heterocycles. The Labute approximate surface area is 172 Å². The summed E-state index contributed by atoms with van der Waals surface area (Å²) in [6.45, 7) is 0.680. The van der Waals surface area contributed by atoms with Crippen LogP contribution in [0, 0.1) is 0 Å². The summed E-state index contributed by atoms with van der Waals surface area (Å²) in [6, 6.07) is 0. The molecule has 11 nitrogen and oxygen atoms in total. The van der Waals surface area contributed by atoms with Gasteiger partial charge in [-0.15, -0.1) is 0 Å². The number of aromatic nitrogens is 4. The van der Waals surface area contributed by atoms with Gasteiger partial charge in [-0.25, -0.2) is 9.78 Å². The fourth-order valence-corrected chi connectivity index (χ4v) is 4.07. The monoisotopic (exact) mass is 418 g/mol. The van der Waals surface area contributed by atoms with Crippen molar-refractivity contribution in [2.45, 2.75) is 50.9 Å². The summed E-state index contributed by atoms with van der Waals surface area (Å²) < 4.78 is 0. The van der Waals surface area contributed by atoms with Crippen LogP contribution in [0.1, 0.15) is 54.8 Å². The first-order valence-electron chi connectivity index (χ1n) is 10.1. The van der Waals surface area contributed by atoms with Gasteiger partial charge in [-0.3, -0.25) is 9.78 Å². The number of nitrogen functional groups attached to an aromatic ring is 1. The molecule has 8 N–H and O–H groups in total. The summed E-state index contributed by atoms with van der Waals surface area (Å²) in [4.78, 5) is 36.8. The van der Waals surface area contributed by atoms with Gasteiger partial charge >= 0.3 is 12.8 Å². The molecule has 1 aliphatic rings. The number of anilines is 2. The van der Waals surface area contributed by atoms with Crippen LogP contribution in [0.3, 0.4) is 0 Å². The van der Waals surface area contributed by atoms with Gasteiger partial charge in [0.25, 0.3) is 5.56 Å². The molecule has 162 valence electrons. The topological polar surface area (TPSA) is 190 Å². The third-order valence-corrected chi connectivity index (χ3v) is 5.40. The van der Waals surface area contributed by atoms with E-state index in [9.17, 15) is 24.7 Å². The van der Waals surface area contributed by atoms with E-state index in [1.54, 1.807) is 0 Å². The lowest BCUT2D eigenvalue weighted by atomic mass is 9.81. The number of nitrogens with two attached hydrogens (primary N) is 1. The molecule has 0 radical (unpaired) electrons. The Morgan fingerprint density at radius 3 is 2.63 bits per heavy atom. The van der Waals surface area contributed by atoms with Crippen molar-refractivity contribution in [3.8, 4) is 0 Å². The van der Waals surface area contributed by atoms with Gasteiger partial charge in [0.2, 0.25) is 0 Å². The minimum Gasteiger partial charge on any atom is -0.422 e. The second-order valence-electron chi connectivity index (χ2n) is 7.46.